The highest BCUT2D eigenvalue weighted by Gasteiger charge is 2.38. The van der Waals surface area contributed by atoms with Crippen molar-refractivity contribution in [1.82, 2.24) is 4.90 Å². The first-order valence-corrected chi connectivity index (χ1v) is 5.29. The molecule has 0 N–H and O–H groups in total. The Balaban J connectivity index is 2.58. The van der Waals surface area contributed by atoms with Crippen molar-refractivity contribution in [2.45, 2.75) is 19.4 Å². The molecule has 1 aliphatic heterocycles. The quantitative estimate of drug-likeness (QED) is 0.791. The average molecular weight is 236 g/mol. The van der Waals surface area contributed by atoms with Crippen LogP contribution in [-0.2, 0) is 0 Å². The monoisotopic (exact) mass is 236 g/mol. The number of hydrogen-bond donors (Lipinski definition) is 0. The number of hydrogen-bond acceptors (Lipinski definition) is 2. The minimum absolute atomic E-state index is 0.128. The van der Waals surface area contributed by atoms with E-state index in [4.69, 9.17) is 5.26 Å². The van der Waals surface area contributed by atoms with Gasteiger partial charge in [0, 0.05) is 18.2 Å². The molecule has 1 atom stereocenters. The molecule has 1 aromatic carbocycles. The van der Waals surface area contributed by atoms with E-state index >= 15 is 0 Å². The van der Waals surface area contributed by atoms with Gasteiger partial charge in [0.05, 0.1) is 11.6 Å². The van der Waals surface area contributed by atoms with E-state index in [0.29, 0.717) is 19.0 Å². The van der Waals surface area contributed by atoms with Gasteiger partial charge in [-0.25, -0.2) is 8.78 Å². The zero-order valence-corrected chi connectivity index (χ0v) is 9.20. The molecule has 0 aliphatic carbocycles. The summed E-state index contributed by atoms with van der Waals surface area (Å²) >= 11 is 0. The van der Waals surface area contributed by atoms with Crippen LogP contribution in [0.15, 0.2) is 12.1 Å². The number of rotatable bonds is 2. The third-order valence-electron chi connectivity index (χ3n) is 2.75. The molecule has 0 bridgehead atoms. The molecule has 1 amide bonds. The highest BCUT2D eigenvalue weighted by atomic mass is 19.1. The second kappa shape index (κ2) is 4.13. The van der Waals surface area contributed by atoms with Crippen LogP contribution in [0.3, 0.4) is 0 Å². The van der Waals surface area contributed by atoms with Crippen molar-refractivity contribution in [3.8, 4) is 6.07 Å². The summed E-state index contributed by atoms with van der Waals surface area (Å²) < 4.78 is 26.6. The van der Waals surface area contributed by atoms with Gasteiger partial charge in [0.25, 0.3) is 5.91 Å². The van der Waals surface area contributed by atoms with E-state index in [1.165, 1.54) is 4.90 Å². The van der Waals surface area contributed by atoms with Crippen molar-refractivity contribution in [1.29, 1.82) is 5.26 Å². The summed E-state index contributed by atoms with van der Waals surface area (Å²) in [6.07, 6.45) is 0.655. The van der Waals surface area contributed by atoms with Crippen LogP contribution in [0.4, 0.5) is 8.78 Å². The molecule has 0 spiro atoms. The largest absolute Gasteiger partial charge is 0.318 e. The van der Waals surface area contributed by atoms with E-state index in [2.05, 4.69) is 0 Å². The average Bonchev–Trinajstić information content (AvgIpc) is 2.52. The number of fused-ring (bicyclic) bond motifs is 1. The predicted molar refractivity (Wildman–Crippen MR) is 56.0 cm³/mol. The number of halogens is 2. The topological polar surface area (TPSA) is 44.1 Å². The van der Waals surface area contributed by atoms with Crippen LogP contribution in [0, 0.1) is 23.0 Å². The highest BCUT2D eigenvalue weighted by molar-refractivity contribution is 5.99. The number of carbonyl (C=O) groups is 1. The molecule has 1 aliphatic rings. The molecule has 1 heterocycles. The Labute approximate surface area is 97.3 Å². The third kappa shape index (κ3) is 1.66. The molecule has 2 rings (SSSR count). The van der Waals surface area contributed by atoms with Crippen molar-refractivity contribution >= 4 is 5.91 Å². The summed E-state index contributed by atoms with van der Waals surface area (Å²) in [6, 6.07) is 2.75. The van der Waals surface area contributed by atoms with Crippen LogP contribution in [0.5, 0.6) is 0 Å². The van der Waals surface area contributed by atoms with Gasteiger partial charge in [0.2, 0.25) is 0 Å². The molecule has 3 nitrogen and oxygen atoms in total. The van der Waals surface area contributed by atoms with Gasteiger partial charge in [-0.2, -0.15) is 5.26 Å². The molecule has 88 valence electrons. The van der Waals surface area contributed by atoms with Crippen molar-refractivity contribution in [3.05, 3.63) is 34.9 Å². The Morgan fingerprint density at radius 3 is 2.76 bits per heavy atom. The molecule has 1 aromatic rings. The second-order valence-electron chi connectivity index (χ2n) is 3.88. The maximum atomic E-state index is 13.5. The van der Waals surface area contributed by atoms with E-state index in [1.807, 2.05) is 13.0 Å². The van der Waals surface area contributed by atoms with E-state index in [0.717, 1.165) is 6.07 Å². The number of nitrogens with zero attached hydrogens (tertiary/aromatic N) is 2. The van der Waals surface area contributed by atoms with Gasteiger partial charge in [0.1, 0.15) is 17.7 Å². The normalized spacial score (nSPS) is 18.1. The van der Waals surface area contributed by atoms with Crippen molar-refractivity contribution in [2.75, 3.05) is 6.54 Å². The van der Waals surface area contributed by atoms with Gasteiger partial charge in [-0.3, -0.25) is 4.79 Å². The lowest BCUT2D eigenvalue weighted by Gasteiger charge is -2.18. The number of nitriles is 1. The first-order valence-electron chi connectivity index (χ1n) is 5.29. The summed E-state index contributed by atoms with van der Waals surface area (Å²) in [7, 11) is 0. The van der Waals surface area contributed by atoms with Crippen molar-refractivity contribution in [3.63, 3.8) is 0 Å². The summed E-state index contributed by atoms with van der Waals surface area (Å²) in [5, 5.41) is 9.02. The van der Waals surface area contributed by atoms with Crippen LogP contribution in [0.2, 0.25) is 0 Å². The van der Waals surface area contributed by atoms with Crippen LogP contribution < -0.4 is 0 Å². The minimum atomic E-state index is -0.899. The highest BCUT2D eigenvalue weighted by Crippen LogP contribution is 2.35. The minimum Gasteiger partial charge on any atom is -0.318 e. The zero-order chi connectivity index (χ0) is 12.6. The molecular formula is C12H10F2N2O. The fourth-order valence-electron chi connectivity index (χ4n) is 2.07. The van der Waals surface area contributed by atoms with Crippen LogP contribution in [0.25, 0.3) is 0 Å². The van der Waals surface area contributed by atoms with Gasteiger partial charge in [-0.1, -0.05) is 6.92 Å². The number of benzene rings is 1. The number of carbonyl (C=O) groups excluding carboxylic acids is 1. The maximum absolute atomic E-state index is 13.5. The van der Waals surface area contributed by atoms with Gasteiger partial charge >= 0.3 is 0 Å². The van der Waals surface area contributed by atoms with E-state index in [9.17, 15) is 13.6 Å². The Hall–Kier alpha value is -1.96. The lowest BCUT2D eigenvalue weighted by Crippen LogP contribution is -2.28. The molecule has 5 heteroatoms. The molecule has 1 unspecified atom stereocenters. The first kappa shape index (κ1) is 11.5. The van der Waals surface area contributed by atoms with Crippen LogP contribution >= 0.6 is 0 Å². The Kier molecular flexibility index (Phi) is 2.80. The van der Waals surface area contributed by atoms with Gasteiger partial charge < -0.3 is 4.90 Å². The Morgan fingerprint density at radius 2 is 2.18 bits per heavy atom. The summed E-state index contributed by atoms with van der Waals surface area (Å²) in [5.74, 6) is -2.21. The molecule has 0 fully saturated rings. The van der Waals surface area contributed by atoms with E-state index in [1.54, 1.807) is 0 Å². The summed E-state index contributed by atoms with van der Waals surface area (Å²) in [4.78, 5) is 13.2. The van der Waals surface area contributed by atoms with Gasteiger partial charge in [-0.15, -0.1) is 0 Å². The van der Waals surface area contributed by atoms with E-state index in [-0.39, 0.29) is 11.1 Å². The second-order valence-corrected chi connectivity index (χ2v) is 3.88. The third-order valence-corrected chi connectivity index (χ3v) is 2.75. The molecule has 17 heavy (non-hydrogen) atoms. The fraction of sp³-hybridized carbons (Fsp3) is 0.333. The Bertz CT molecular complexity index is 522. The number of amides is 1. The Morgan fingerprint density at radius 1 is 1.47 bits per heavy atom. The van der Waals surface area contributed by atoms with Crippen molar-refractivity contribution in [2.24, 2.45) is 0 Å². The zero-order valence-electron chi connectivity index (χ0n) is 9.20. The lowest BCUT2D eigenvalue weighted by atomic mass is 10.0. The summed E-state index contributed by atoms with van der Waals surface area (Å²) in [5.41, 5.74) is -0.0464. The molecule has 0 aromatic heterocycles. The molecule has 0 radical (unpaired) electrons. The van der Waals surface area contributed by atoms with E-state index < -0.39 is 23.6 Å². The summed E-state index contributed by atoms with van der Waals surface area (Å²) in [6.45, 7) is 2.20. The SMILES string of the molecule is CCCN1C(=O)c2c(F)cc(F)cc2C1C#N. The van der Waals surface area contributed by atoms with Crippen LogP contribution in [0.1, 0.15) is 35.3 Å². The smallest absolute Gasteiger partial charge is 0.258 e. The molecule has 0 saturated carbocycles. The molecular weight excluding hydrogens is 226 g/mol. The molecule has 0 saturated heterocycles. The predicted octanol–water partition coefficient (Wildman–Crippen LogP) is 2.40. The standard InChI is InChI=1S/C12H10F2N2O/c1-2-3-16-10(6-15)8-4-7(13)5-9(14)11(8)12(16)17/h4-5,10H,2-3H2,1H3. The fourth-order valence-corrected chi connectivity index (χ4v) is 2.07. The maximum Gasteiger partial charge on any atom is 0.258 e. The van der Waals surface area contributed by atoms with Gasteiger partial charge in [0.15, 0.2) is 0 Å². The first-order chi connectivity index (χ1) is 8.10. The van der Waals surface area contributed by atoms with Crippen LogP contribution in [-0.4, -0.2) is 17.4 Å². The lowest BCUT2D eigenvalue weighted by molar-refractivity contribution is 0.0754. The van der Waals surface area contributed by atoms with Crippen molar-refractivity contribution < 1.29 is 13.6 Å². The van der Waals surface area contributed by atoms with Gasteiger partial charge in [-0.05, 0) is 12.5 Å².